The summed E-state index contributed by atoms with van der Waals surface area (Å²) < 4.78 is 0. The molecule has 0 aliphatic rings. The highest BCUT2D eigenvalue weighted by Crippen LogP contribution is 2.61. The summed E-state index contributed by atoms with van der Waals surface area (Å²) in [4.78, 5) is 0. The minimum Gasteiger partial charge on any atom is -0.0654 e. The second-order valence-corrected chi connectivity index (χ2v) is 21.3. The van der Waals surface area contributed by atoms with Crippen LogP contribution in [0.2, 0.25) is 0 Å². The molecule has 0 bridgehead atoms. The normalized spacial score (nSPS) is 13.2. The van der Waals surface area contributed by atoms with E-state index >= 15 is 0 Å². The molecule has 0 aliphatic carbocycles. The van der Waals surface area contributed by atoms with Crippen LogP contribution in [0.1, 0.15) is 152 Å². The molecule has 0 aliphatic heterocycles. The molecule has 0 atom stereocenters. The van der Waals surface area contributed by atoms with Gasteiger partial charge in [0.1, 0.15) is 0 Å². The Balaban J connectivity index is 1.39. The van der Waals surface area contributed by atoms with Crippen LogP contribution in [0, 0.1) is 0 Å². The fraction of sp³-hybridized carbons (Fsp3) is 0.364. The summed E-state index contributed by atoms with van der Waals surface area (Å²) in [5.74, 6) is 0. The molecule has 0 amide bonds. The highest BCUT2D eigenvalue weighted by atomic mass is 14.3. The van der Waals surface area contributed by atoms with E-state index in [0.29, 0.717) is 0 Å². The van der Waals surface area contributed by atoms with Crippen molar-refractivity contribution in [2.75, 3.05) is 0 Å². The lowest BCUT2D eigenvalue weighted by Gasteiger charge is -2.30. The van der Waals surface area contributed by atoms with Crippen LogP contribution in [0.5, 0.6) is 0 Å². The van der Waals surface area contributed by atoms with Crippen LogP contribution in [-0.2, 0) is 38.5 Å². The maximum atomic E-state index is 2.67. The Morgan fingerprint density at radius 3 is 0.409 bits per heavy atom. The Labute approximate surface area is 390 Å². The van der Waals surface area contributed by atoms with Crippen molar-refractivity contribution in [3.05, 3.63) is 106 Å². The second-order valence-electron chi connectivity index (χ2n) is 21.3. The van der Waals surface area contributed by atoms with E-state index in [4.69, 9.17) is 0 Å². The van der Waals surface area contributed by atoms with Gasteiger partial charge >= 0.3 is 0 Å². The molecule has 0 N–H and O–H groups in total. The Morgan fingerprint density at radius 1 is 0.182 bits per heavy atom. The largest absolute Gasteiger partial charge is 0.0654 e. The molecule has 13 rings (SSSR count). The van der Waals surface area contributed by atoms with Crippen LogP contribution in [0.3, 0.4) is 0 Å². The molecule has 0 spiro atoms. The van der Waals surface area contributed by atoms with E-state index < -0.39 is 0 Å². The summed E-state index contributed by atoms with van der Waals surface area (Å²) in [6.07, 6.45) is 21.3. The molecular formula is C66H66. The molecule has 0 radical (unpaired) electrons. The maximum absolute atomic E-state index is 2.67. The Bertz CT molecular complexity index is 3070. The lowest BCUT2D eigenvalue weighted by molar-refractivity contribution is 0.796. The average Bonchev–Trinajstić information content (AvgIpc) is 3.34. The van der Waals surface area contributed by atoms with Crippen molar-refractivity contribution in [2.45, 2.75) is 157 Å². The molecule has 0 fully saturated rings. The van der Waals surface area contributed by atoms with Gasteiger partial charge in [-0.05, 0) is 240 Å². The van der Waals surface area contributed by atoms with Gasteiger partial charge in [-0.25, -0.2) is 0 Å². The second kappa shape index (κ2) is 15.6. The highest BCUT2D eigenvalue weighted by Gasteiger charge is 2.32. The Morgan fingerprint density at radius 2 is 0.303 bits per heavy atom. The third kappa shape index (κ3) is 5.57. The zero-order valence-corrected chi connectivity index (χ0v) is 40.7. The smallest absolute Gasteiger partial charge is 0.0000472 e. The molecule has 330 valence electrons. The van der Waals surface area contributed by atoms with Crippen LogP contribution >= 0.6 is 0 Å². The Hall–Kier alpha value is -5.46. The number of fused-ring (bicyclic) bond motifs is 6. The van der Waals surface area contributed by atoms with E-state index in [9.17, 15) is 0 Å². The number of rotatable bonds is 18. The number of hydrogen-bond donors (Lipinski definition) is 0. The fourth-order valence-electron chi connectivity index (χ4n) is 13.8. The zero-order chi connectivity index (χ0) is 44.5. The van der Waals surface area contributed by atoms with Crippen molar-refractivity contribution in [2.24, 2.45) is 0 Å². The third-order valence-corrected chi connectivity index (χ3v) is 16.8. The van der Waals surface area contributed by atoms with Gasteiger partial charge in [0.15, 0.2) is 0 Å². The predicted molar refractivity (Wildman–Crippen MR) is 295 cm³/mol. The van der Waals surface area contributed by atoms with Crippen LogP contribution in [-0.4, -0.2) is 0 Å². The topological polar surface area (TPSA) is 0 Å². The van der Waals surface area contributed by atoms with Gasteiger partial charge in [-0.15, -0.1) is 0 Å². The first kappa shape index (κ1) is 40.8. The quantitative estimate of drug-likeness (QED) is 0.0596. The van der Waals surface area contributed by atoms with Crippen molar-refractivity contribution >= 4 is 129 Å². The first-order valence-electron chi connectivity index (χ1n) is 26.8. The molecule has 0 nitrogen and oxygen atoms in total. The minimum absolute atomic E-state index is 1.13. The first-order chi connectivity index (χ1) is 32.5. The summed E-state index contributed by atoms with van der Waals surface area (Å²) in [7, 11) is 0. The van der Waals surface area contributed by atoms with Gasteiger partial charge in [0.05, 0.1) is 0 Å². The van der Waals surface area contributed by atoms with Crippen molar-refractivity contribution in [1.82, 2.24) is 0 Å². The van der Waals surface area contributed by atoms with Crippen LogP contribution in [0.4, 0.5) is 0 Å². The summed E-state index contributed by atoms with van der Waals surface area (Å²) in [5, 5.41) is 36.4. The third-order valence-electron chi connectivity index (χ3n) is 16.8. The van der Waals surface area contributed by atoms with Gasteiger partial charge in [-0.3, -0.25) is 0 Å². The molecule has 66 heavy (non-hydrogen) atoms. The molecule has 0 aromatic heterocycles. The Kier molecular flexibility index (Phi) is 9.61. The molecule has 0 saturated heterocycles. The van der Waals surface area contributed by atoms with E-state index in [1.807, 2.05) is 0 Å². The monoisotopic (exact) mass is 859 g/mol. The van der Waals surface area contributed by atoms with E-state index in [1.54, 1.807) is 32.3 Å². The van der Waals surface area contributed by atoms with Gasteiger partial charge < -0.3 is 0 Å². The van der Waals surface area contributed by atoms with Crippen LogP contribution < -0.4 is 0 Å². The van der Waals surface area contributed by atoms with Gasteiger partial charge in [0, 0.05) is 0 Å². The molecule has 0 saturated carbocycles. The molecule has 13 aromatic rings. The number of aryl methyl sites for hydroxylation is 6. The van der Waals surface area contributed by atoms with Gasteiger partial charge in [0.25, 0.3) is 0 Å². The van der Waals surface area contributed by atoms with Crippen molar-refractivity contribution in [1.29, 1.82) is 0 Å². The van der Waals surface area contributed by atoms with E-state index in [1.165, 1.54) is 207 Å². The number of benzene rings is 13. The van der Waals surface area contributed by atoms with Crippen molar-refractivity contribution in [3.8, 4) is 0 Å². The average molecular weight is 859 g/mol. The summed E-state index contributed by atoms with van der Waals surface area (Å²) in [6.45, 7) is 14.2. The van der Waals surface area contributed by atoms with Crippen LogP contribution in [0.15, 0.2) is 72.8 Å². The van der Waals surface area contributed by atoms with E-state index in [-0.39, 0.29) is 0 Å². The van der Waals surface area contributed by atoms with E-state index in [2.05, 4.69) is 114 Å². The van der Waals surface area contributed by atoms with Crippen molar-refractivity contribution < 1.29 is 0 Å². The van der Waals surface area contributed by atoms with E-state index in [0.717, 1.165) is 38.5 Å². The number of unbranched alkanes of at least 4 members (excludes halogenated alkanes) is 6. The van der Waals surface area contributed by atoms with Crippen LogP contribution in [0.25, 0.3) is 129 Å². The van der Waals surface area contributed by atoms with Crippen molar-refractivity contribution in [3.63, 3.8) is 0 Å². The van der Waals surface area contributed by atoms with Gasteiger partial charge in [0.2, 0.25) is 0 Å². The fourth-order valence-corrected chi connectivity index (χ4v) is 13.8. The zero-order valence-electron chi connectivity index (χ0n) is 40.7. The van der Waals surface area contributed by atoms with Gasteiger partial charge in [-0.2, -0.15) is 0 Å². The molecule has 0 heterocycles. The lowest BCUT2D eigenvalue weighted by atomic mass is 9.72. The molecular weight excluding hydrogens is 793 g/mol. The molecule has 0 heteroatoms. The predicted octanol–water partition coefficient (Wildman–Crippen LogP) is 20.2. The lowest BCUT2D eigenvalue weighted by Crippen LogP contribution is -2.03. The minimum atomic E-state index is 1.13. The SMILES string of the molecule is CCCCc1cc2c3cc(CCCC)cc4c5cc(CCCC)cc6c7cc(CCCC)cc8c9cc(CCCC)cc%10c%11cc(CCCC)cc%12c(c1)c2c1c(c34)c(c56)c(c78)c(c%109)c1c%12%11. The summed E-state index contributed by atoms with van der Waals surface area (Å²) >= 11 is 0. The first-order valence-corrected chi connectivity index (χ1v) is 26.8. The molecule has 0 unspecified atom stereocenters. The standard InChI is InChI=1S/C66H66/c1-7-13-19-37-25-43-45-27-38(20-14-8-2)29-47-49-31-40(22-16-10-4)33-51-53-35-42(24-18-12-6)36-54-52-34-41(23-17-11-5)32-50-48-30-39(21-15-9-3)28-46-44(26-37)55(43)61-62(56(45)47)64(58(49)51)66(60(53)54)65(59(50)52)63(61)57(46)48/h25-36H,7-24H2,1-6H3. The van der Waals surface area contributed by atoms with Gasteiger partial charge in [-0.1, -0.05) is 153 Å². The highest BCUT2D eigenvalue weighted by molar-refractivity contribution is 6.61. The number of hydrogen-bond acceptors (Lipinski definition) is 0. The summed E-state index contributed by atoms with van der Waals surface area (Å²) in [5.41, 5.74) is 9.06. The summed E-state index contributed by atoms with van der Waals surface area (Å²) in [6, 6.07) is 32.1. The maximum Gasteiger partial charge on any atom is -0.0000472 e. The molecule has 13 aromatic carbocycles.